The third-order valence-electron chi connectivity index (χ3n) is 5.35. The van der Waals surface area contributed by atoms with Crippen molar-refractivity contribution in [2.75, 3.05) is 6.54 Å². The molecule has 3 heteroatoms. The topological polar surface area (TPSA) is 29.5 Å². The van der Waals surface area contributed by atoms with E-state index in [1.54, 1.807) is 0 Å². The van der Waals surface area contributed by atoms with Crippen molar-refractivity contribution in [2.24, 2.45) is 5.92 Å². The lowest BCUT2D eigenvalue weighted by atomic mass is 9.76. The fraction of sp³-hybridized carbons (Fsp3) is 0.950. The number of rotatable bonds is 7. The van der Waals surface area contributed by atoms with Crippen molar-refractivity contribution in [1.82, 2.24) is 4.90 Å². The Bertz CT molecular complexity index is 361. The molecule has 3 nitrogen and oxygen atoms in total. The Hall–Kier alpha value is -0.730. The number of carbonyl (C=O) groups excluding carboxylic acids is 1. The Labute approximate surface area is 144 Å². The van der Waals surface area contributed by atoms with E-state index in [-0.39, 0.29) is 11.6 Å². The summed E-state index contributed by atoms with van der Waals surface area (Å²) in [4.78, 5) is 14.7. The van der Waals surface area contributed by atoms with Crippen LogP contribution in [0.2, 0.25) is 0 Å². The van der Waals surface area contributed by atoms with Gasteiger partial charge in [0.1, 0.15) is 5.60 Å². The zero-order valence-electron chi connectivity index (χ0n) is 16.4. The van der Waals surface area contributed by atoms with Crippen molar-refractivity contribution in [1.29, 1.82) is 0 Å². The van der Waals surface area contributed by atoms with Crippen molar-refractivity contribution in [3.8, 4) is 0 Å². The van der Waals surface area contributed by atoms with Gasteiger partial charge in [0.15, 0.2) is 0 Å². The molecule has 23 heavy (non-hydrogen) atoms. The highest BCUT2D eigenvalue weighted by Crippen LogP contribution is 2.38. The monoisotopic (exact) mass is 325 g/mol. The lowest BCUT2D eigenvalue weighted by Gasteiger charge is -2.48. The van der Waals surface area contributed by atoms with E-state index in [1.807, 2.05) is 25.7 Å². The predicted molar refractivity (Wildman–Crippen MR) is 97.7 cm³/mol. The SMILES string of the molecule is CCCCCCCC(C)C1(C)CCCCN1C(=O)OC(C)(C)C. The fourth-order valence-corrected chi connectivity index (χ4v) is 3.64. The standard InChI is InChI=1S/C20H39NO2/c1-7-8-9-10-11-14-17(2)20(6)15-12-13-16-21(20)18(22)23-19(3,4)5/h17H,7-16H2,1-6H3. The summed E-state index contributed by atoms with van der Waals surface area (Å²) in [6, 6.07) is 0. The highest BCUT2D eigenvalue weighted by Gasteiger charge is 2.42. The minimum Gasteiger partial charge on any atom is -0.444 e. The molecule has 0 aliphatic carbocycles. The Morgan fingerprint density at radius 1 is 1.17 bits per heavy atom. The maximum atomic E-state index is 12.7. The van der Waals surface area contributed by atoms with Gasteiger partial charge in [-0.05, 0) is 59.3 Å². The summed E-state index contributed by atoms with van der Waals surface area (Å²) in [6.07, 6.45) is 11.1. The van der Waals surface area contributed by atoms with Gasteiger partial charge in [0.25, 0.3) is 0 Å². The molecule has 0 radical (unpaired) electrons. The summed E-state index contributed by atoms with van der Waals surface area (Å²) in [7, 11) is 0. The van der Waals surface area contributed by atoms with Crippen LogP contribution in [0.25, 0.3) is 0 Å². The van der Waals surface area contributed by atoms with Crippen LogP contribution in [0, 0.1) is 5.92 Å². The zero-order chi connectivity index (χ0) is 17.5. The van der Waals surface area contributed by atoms with Gasteiger partial charge in [0.2, 0.25) is 0 Å². The van der Waals surface area contributed by atoms with E-state index in [9.17, 15) is 4.79 Å². The van der Waals surface area contributed by atoms with Crippen LogP contribution in [0.3, 0.4) is 0 Å². The summed E-state index contributed by atoms with van der Waals surface area (Å²) < 4.78 is 5.67. The first-order valence-corrected chi connectivity index (χ1v) is 9.71. The van der Waals surface area contributed by atoms with E-state index in [4.69, 9.17) is 4.74 Å². The molecule has 0 spiro atoms. The van der Waals surface area contributed by atoms with Gasteiger partial charge >= 0.3 is 6.09 Å². The van der Waals surface area contributed by atoms with Crippen molar-refractivity contribution in [3.63, 3.8) is 0 Å². The molecule has 1 amide bonds. The largest absolute Gasteiger partial charge is 0.444 e. The normalized spacial score (nSPS) is 23.7. The van der Waals surface area contributed by atoms with Gasteiger partial charge in [-0.15, -0.1) is 0 Å². The second kappa shape index (κ2) is 8.94. The fourth-order valence-electron chi connectivity index (χ4n) is 3.64. The minimum absolute atomic E-state index is 0.0503. The van der Waals surface area contributed by atoms with Crippen LogP contribution in [0.4, 0.5) is 4.79 Å². The van der Waals surface area contributed by atoms with Crippen LogP contribution in [-0.2, 0) is 4.74 Å². The van der Waals surface area contributed by atoms with Crippen LogP contribution in [0.1, 0.15) is 99.3 Å². The van der Waals surface area contributed by atoms with Crippen LogP contribution < -0.4 is 0 Å². The zero-order valence-corrected chi connectivity index (χ0v) is 16.4. The number of piperidine rings is 1. The average molecular weight is 326 g/mol. The molecule has 0 aromatic carbocycles. The number of amides is 1. The van der Waals surface area contributed by atoms with Crippen LogP contribution >= 0.6 is 0 Å². The lowest BCUT2D eigenvalue weighted by Crippen LogP contribution is -2.57. The molecule has 2 atom stereocenters. The van der Waals surface area contributed by atoms with Crippen molar-refractivity contribution < 1.29 is 9.53 Å². The molecule has 136 valence electrons. The molecule has 1 saturated heterocycles. The number of carbonyl (C=O) groups is 1. The smallest absolute Gasteiger partial charge is 0.410 e. The summed E-state index contributed by atoms with van der Waals surface area (Å²) in [5.41, 5.74) is -0.468. The molecule has 0 aromatic rings. The van der Waals surface area contributed by atoms with E-state index < -0.39 is 5.60 Å². The van der Waals surface area contributed by atoms with Crippen LogP contribution in [0.15, 0.2) is 0 Å². The van der Waals surface area contributed by atoms with Gasteiger partial charge in [-0.2, -0.15) is 0 Å². The number of ether oxygens (including phenoxy) is 1. The first kappa shape index (κ1) is 20.3. The number of nitrogens with zero attached hydrogens (tertiary/aromatic N) is 1. The van der Waals surface area contributed by atoms with E-state index in [1.165, 1.54) is 44.9 Å². The Kier molecular flexibility index (Phi) is 7.89. The highest BCUT2D eigenvalue weighted by atomic mass is 16.6. The number of likely N-dealkylation sites (tertiary alicyclic amines) is 1. The maximum absolute atomic E-state index is 12.7. The number of unbranched alkanes of at least 4 members (excludes halogenated alkanes) is 4. The molecule has 1 heterocycles. The first-order chi connectivity index (χ1) is 10.7. The molecule has 0 saturated carbocycles. The van der Waals surface area contributed by atoms with Gasteiger partial charge < -0.3 is 9.64 Å². The van der Waals surface area contributed by atoms with Crippen molar-refractivity contribution in [2.45, 2.75) is 110 Å². The first-order valence-electron chi connectivity index (χ1n) is 9.71. The van der Waals surface area contributed by atoms with Crippen molar-refractivity contribution >= 4 is 6.09 Å². The molecule has 0 bridgehead atoms. The Morgan fingerprint density at radius 3 is 2.43 bits per heavy atom. The second-order valence-corrected chi connectivity index (χ2v) is 8.55. The number of hydrogen-bond acceptors (Lipinski definition) is 2. The number of hydrogen-bond donors (Lipinski definition) is 0. The highest BCUT2D eigenvalue weighted by molar-refractivity contribution is 5.69. The molecule has 0 N–H and O–H groups in total. The lowest BCUT2D eigenvalue weighted by molar-refractivity contribution is -0.0281. The minimum atomic E-state index is -0.418. The summed E-state index contributed by atoms with van der Waals surface area (Å²) in [5.74, 6) is 0.525. The maximum Gasteiger partial charge on any atom is 0.410 e. The van der Waals surface area contributed by atoms with Gasteiger partial charge in [-0.1, -0.05) is 46.0 Å². The summed E-state index contributed by atoms with van der Waals surface area (Å²) >= 11 is 0. The average Bonchev–Trinajstić information content (AvgIpc) is 2.45. The molecule has 1 aliphatic heterocycles. The summed E-state index contributed by atoms with van der Waals surface area (Å²) in [5, 5.41) is 0. The molecule has 1 rings (SSSR count). The molecule has 0 aromatic heterocycles. The van der Waals surface area contributed by atoms with E-state index in [0.29, 0.717) is 5.92 Å². The van der Waals surface area contributed by atoms with Crippen molar-refractivity contribution in [3.05, 3.63) is 0 Å². The molecular formula is C20H39NO2. The molecular weight excluding hydrogens is 286 g/mol. The summed E-state index contributed by atoms with van der Waals surface area (Å²) in [6.45, 7) is 13.5. The molecule has 2 unspecified atom stereocenters. The quantitative estimate of drug-likeness (QED) is 0.524. The predicted octanol–water partition coefficient (Wildman–Crippen LogP) is 6.16. The van der Waals surface area contributed by atoms with Gasteiger partial charge in [0.05, 0.1) is 0 Å². The Balaban J connectivity index is 2.64. The van der Waals surface area contributed by atoms with Crippen LogP contribution in [0.5, 0.6) is 0 Å². The third-order valence-corrected chi connectivity index (χ3v) is 5.35. The molecule has 1 aliphatic rings. The third kappa shape index (κ3) is 6.35. The van der Waals surface area contributed by atoms with E-state index >= 15 is 0 Å². The van der Waals surface area contributed by atoms with Crippen LogP contribution in [-0.4, -0.2) is 28.7 Å². The van der Waals surface area contributed by atoms with Gasteiger partial charge in [0, 0.05) is 12.1 Å². The van der Waals surface area contributed by atoms with Gasteiger partial charge in [-0.25, -0.2) is 4.79 Å². The second-order valence-electron chi connectivity index (χ2n) is 8.55. The van der Waals surface area contributed by atoms with E-state index in [0.717, 1.165) is 19.4 Å². The molecule has 1 fully saturated rings. The van der Waals surface area contributed by atoms with Gasteiger partial charge in [-0.3, -0.25) is 0 Å². The Morgan fingerprint density at radius 2 is 1.83 bits per heavy atom. The van der Waals surface area contributed by atoms with E-state index in [2.05, 4.69) is 20.8 Å².